The third-order valence-corrected chi connectivity index (χ3v) is 4.60. The molecule has 3 aromatic carbocycles. The first-order valence-corrected chi connectivity index (χ1v) is 9.12. The van der Waals surface area contributed by atoms with Gasteiger partial charge in [0.25, 0.3) is 0 Å². The molecule has 0 aliphatic rings. The molecule has 0 bridgehead atoms. The van der Waals surface area contributed by atoms with Gasteiger partial charge in [-0.2, -0.15) is 0 Å². The zero-order chi connectivity index (χ0) is 17.6. The monoisotopic (exact) mass is 338 g/mol. The fourth-order valence-electron chi connectivity index (χ4n) is 3.28. The van der Waals surface area contributed by atoms with Crippen molar-refractivity contribution >= 4 is 23.2 Å². The molecule has 0 N–H and O–H groups in total. The third-order valence-electron chi connectivity index (χ3n) is 4.60. The number of nitrogens with zero attached hydrogens (tertiary/aromatic N) is 2. The molecule has 2 nitrogen and oxygen atoms in total. The fraction of sp³-hybridized carbons (Fsp3) is 0.125. The Labute approximate surface area is 154 Å². The first kappa shape index (κ1) is 16.3. The summed E-state index contributed by atoms with van der Waals surface area (Å²) in [6.07, 6.45) is 6.43. The molecule has 4 rings (SSSR count). The second-order valence-corrected chi connectivity index (χ2v) is 6.44. The molecule has 0 aliphatic heterocycles. The summed E-state index contributed by atoms with van der Waals surface area (Å²) in [4.78, 5) is 4.83. The van der Waals surface area contributed by atoms with Crippen molar-refractivity contribution in [2.24, 2.45) is 0 Å². The molecule has 0 atom stereocenters. The Morgan fingerprint density at radius 3 is 2.23 bits per heavy atom. The Morgan fingerprint density at radius 2 is 1.42 bits per heavy atom. The lowest BCUT2D eigenvalue weighted by atomic mass is 10.1. The number of hydrogen-bond donors (Lipinski definition) is 0. The van der Waals surface area contributed by atoms with Crippen molar-refractivity contribution in [3.8, 4) is 0 Å². The maximum Gasteiger partial charge on any atom is 0.133 e. The van der Waals surface area contributed by atoms with E-state index in [4.69, 9.17) is 4.98 Å². The number of aryl methyl sites for hydroxylation is 2. The third kappa shape index (κ3) is 3.75. The van der Waals surface area contributed by atoms with Crippen LogP contribution in [0.25, 0.3) is 23.2 Å². The van der Waals surface area contributed by atoms with Crippen LogP contribution < -0.4 is 0 Å². The van der Waals surface area contributed by atoms with Gasteiger partial charge in [-0.1, -0.05) is 78.9 Å². The van der Waals surface area contributed by atoms with Crippen molar-refractivity contribution in [1.82, 2.24) is 9.55 Å². The quantitative estimate of drug-likeness (QED) is 0.432. The number of imidazole rings is 1. The lowest BCUT2D eigenvalue weighted by Crippen LogP contribution is -2.02. The van der Waals surface area contributed by atoms with Crippen molar-refractivity contribution in [3.63, 3.8) is 0 Å². The summed E-state index contributed by atoms with van der Waals surface area (Å²) in [5, 5.41) is 0. The molecule has 128 valence electrons. The number of hydrogen-bond acceptors (Lipinski definition) is 1. The topological polar surface area (TPSA) is 17.8 Å². The molecule has 1 heterocycles. The molecule has 1 aromatic heterocycles. The standard InChI is InChI=1S/C24H22N2/c1-3-10-20(11-4-1)14-9-19-26-23-16-8-7-15-22(23)25-24(26)18-17-21-12-5-2-6-13-21/h1-8,10-13,15-18H,9,14,19H2/b18-17+. The number of benzene rings is 3. The van der Waals surface area contributed by atoms with E-state index in [1.807, 2.05) is 12.1 Å². The summed E-state index contributed by atoms with van der Waals surface area (Å²) >= 11 is 0. The molecule has 0 unspecified atom stereocenters. The van der Waals surface area contributed by atoms with Gasteiger partial charge in [0.05, 0.1) is 11.0 Å². The van der Waals surface area contributed by atoms with Crippen molar-refractivity contribution in [1.29, 1.82) is 0 Å². The molecular formula is C24H22N2. The SMILES string of the molecule is C(=C\c1nc2ccccc2n1CCCc1ccccc1)/c1ccccc1. The average Bonchev–Trinajstić information content (AvgIpc) is 3.06. The Hall–Kier alpha value is -3.13. The second kappa shape index (κ2) is 7.83. The largest absolute Gasteiger partial charge is 0.324 e. The van der Waals surface area contributed by atoms with Gasteiger partial charge in [0.15, 0.2) is 0 Å². The highest BCUT2D eigenvalue weighted by Crippen LogP contribution is 2.19. The van der Waals surface area contributed by atoms with E-state index in [-0.39, 0.29) is 0 Å². The van der Waals surface area contributed by atoms with Crippen LogP contribution in [0, 0.1) is 0 Å². The van der Waals surface area contributed by atoms with Crippen LogP contribution in [0.3, 0.4) is 0 Å². The molecule has 2 heteroatoms. The summed E-state index contributed by atoms with van der Waals surface area (Å²) in [6, 6.07) is 29.4. The van der Waals surface area contributed by atoms with E-state index in [9.17, 15) is 0 Å². The van der Waals surface area contributed by atoms with Crippen LogP contribution in [0.5, 0.6) is 0 Å². The van der Waals surface area contributed by atoms with Crippen molar-refractivity contribution < 1.29 is 0 Å². The van der Waals surface area contributed by atoms with Crippen LogP contribution in [0.15, 0.2) is 84.9 Å². The Kier molecular flexibility index (Phi) is 4.92. The van der Waals surface area contributed by atoms with Crippen LogP contribution in [0.1, 0.15) is 23.4 Å². The van der Waals surface area contributed by atoms with Crippen LogP contribution >= 0.6 is 0 Å². The zero-order valence-corrected chi connectivity index (χ0v) is 14.8. The summed E-state index contributed by atoms with van der Waals surface area (Å²) in [7, 11) is 0. The van der Waals surface area contributed by atoms with Gasteiger partial charge in [-0.3, -0.25) is 0 Å². The lowest BCUT2D eigenvalue weighted by molar-refractivity contribution is 0.652. The summed E-state index contributed by atoms with van der Waals surface area (Å²) in [5.41, 5.74) is 4.84. The van der Waals surface area contributed by atoms with E-state index in [1.54, 1.807) is 0 Å². The van der Waals surface area contributed by atoms with E-state index in [0.29, 0.717) is 0 Å². The average molecular weight is 338 g/mol. The predicted octanol–water partition coefficient (Wildman–Crippen LogP) is 5.84. The molecule has 0 radical (unpaired) electrons. The first-order valence-electron chi connectivity index (χ1n) is 9.12. The van der Waals surface area contributed by atoms with Crippen molar-refractivity contribution in [2.45, 2.75) is 19.4 Å². The maximum atomic E-state index is 4.83. The summed E-state index contributed by atoms with van der Waals surface area (Å²) < 4.78 is 2.33. The minimum absolute atomic E-state index is 0.962. The minimum atomic E-state index is 0.962. The first-order chi connectivity index (χ1) is 12.9. The Balaban J connectivity index is 1.58. The smallest absolute Gasteiger partial charge is 0.133 e. The van der Waals surface area contributed by atoms with Crippen LogP contribution in [0.4, 0.5) is 0 Å². The van der Waals surface area contributed by atoms with E-state index < -0.39 is 0 Å². The van der Waals surface area contributed by atoms with Gasteiger partial charge in [-0.05, 0) is 42.2 Å². The summed E-state index contributed by atoms with van der Waals surface area (Å²) in [5.74, 6) is 1.02. The van der Waals surface area contributed by atoms with Crippen LogP contribution in [-0.2, 0) is 13.0 Å². The highest BCUT2D eigenvalue weighted by atomic mass is 15.1. The fourth-order valence-corrected chi connectivity index (χ4v) is 3.28. The van der Waals surface area contributed by atoms with Gasteiger partial charge in [-0.25, -0.2) is 4.98 Å². The van der Waals surface area contributed by atoms with Gasteiger partial charge in [0.1, 0.15) is 5.82 Å². The lowest BCUT2D eigenvalue weighted by Gasteiger charge is -2.07. The molecule has 0 aliphatic carbocycles. The van der Waals surface area contributed by atoms with E-state index in [2.05, 4.69) is 89.5 Å². The molecule has 26 heavy (non-hydrogen) atoms. The molecule has 0 spiro atoms. The minimum Gasteiger partial charge on any atom is -0.324 e. The second-order valence-electron chi connectivity index (χ2n) is 6.44. The highest BCUT2D eigenvalue weighted by Gasteiger charge is 2.08. The number of fused-ring (bicyclic) bond motifs is 1. The molecule has 0 saturated carbocycles. The van der Waals surface area contributed by atoms with E-state index >= 15 is 0 Å². The van der Waals surface area contributed by atoms with E-state index in [0.717, 1.165) is 30.7 Å². The van der Waals surface area contributed by atoms with Gasteiger partial charge in [0.2, 0.25) is 0 Å². The highest BCUT2D eigenvalue weighted by molar-refractivity contribution is 5.79. The van der Waals surface area contributed by atoms with Gasteiger partial charge in [-0.15, -0.1) is 0 Å². The number of para-hydroxylation sites is 2. The van der Waals surface area contributed by atoms with Gasteiger partial charge >= 0.3 is 0 Å². The maximum absolute atomic E-state index is 4.83. The summed E-state index contributed by atoms with van der Waals surface area (Å²) in [6.45, 7) is 0.962. The molecular weight excluding hydrogens is 316 g/mol. The number of aromatic nitrogens is 2. The predicted molar refractivity (Wildman–Crippen MR) is 110 cm³/mol. The zero-order valence-electron chi connectivity index (χ0n) is 14.8. The van der Waals surface area contributed by atoms with Crippen LogP contribution in [0.2, 0.25) is 0 Å². The van der Waals surface area contributed by atoms with Crippen molar-refractivity contribution in [2.75, 3.05) is 0 Å². The van der Waals surface area contributed by atoms with Crippen molar-refractivity contribution in [3.05, 3.63) is 102 Å². The van der Waals surface area contributed by atoms with Gasteiger partial charge < -0.3 is 4.57 Å². The van der Waals surface area contributed by atoms with Crippen LogP contribution in [-0.4, -0.2) is 9.55 Å². The Morgan fingerprint density at radius 1 is 0.731 bits per heavy atom. The molecule has 0 saturated heterocycles. The number of rotatable bonds is 6. The van der Waals surface area contributed by atoms with Gasteiger partial charge in [0, 0.05) is 6.54 Å². The molecule has 4 aromatic rings. The molecule has 0 amide bonds. The molecule has 0 fully saturated rings. The Bertz CT molecular complexity index is 998. The van der Waals surface area contributed by atoms with E-state index in [1.165, 1.54) is 16.6 Å². The normalized spacial score (nSPS) is 11.4.